The summed E-state index contributed by atoms with van der Waals surface area (Å²) >= 11 is 0. The first-order valence-corrected chi connectivity index (χ1v) is 11.0. The van der Waals surface area contributed by atoms with Gasteiger partial charge in [0.25, 0.3) is 0 Å². The normalized spacial score (nSPS) is 24.0. The molecule has 2 aliphatic heterocycles. The van der Waals surface area contributed by atoms with E-state index < -0.39 is 0 Å². The van der Waals surface area contributed by atoms with Gasteiger partial charge in [0, 0.05) is 49.9 Å². The summed E-state index contributed by atoms with van der Waals surface area (Å²) in [6.45, 7) is 6.11. The Morgan fingerprint density at radius 2 is 1.93 bits per heavy atom. The van der Waals surface area contributed by atoms with Crippen LogP contribution in [0.1, 0.15) is 44.1 Å². The molecule has 1 saturated carbocycles. The third kappa shape index (κ3) is 3.43. The van der Waals surface area contributed by atoms with E-state index in [9.17, 15) is 5.26 Å². The third-order valence-electron chi connectivity index (χ3n) is 6.62. The number of hydrogen-bond donors (Lipinski definition) is 2. The van der Waals surface area contributed by atoms with Crippen LogP contribution in [0.2, 0.25) is 0 Å². The molecule has 30 heavy (non-hydrogen) atoms. The van der Waals surface area contributed by atoms with E-state index >= 15 is 0 Å². The number of piperazine rings is 1. The van der Waals surface area contributed by atoms with Gasteiger partial charge in [0.2, 0.25) is 5.95 Å². The second-order valence-corrected chi connectivity index (χ2v) is 8.44. The van der Waals surface area contributed by atoms with Crippen LogP contribution < -0.4 is 20.4 Å². The molecule has 0 amide bonds. The molecule has 8 heteroatoms. The largest absolute Gasteiger partial charge is 0.368 e. The Kier molecular flexibility index (Phi) is 5.13. The highest BCUT2D eigenvalue weighted by Gasteiger charge is 2.42. The summed E-state index contributed by atoms with van der Waals surface area (Å²) in [5.41, 5.74) is 2.20. The minimum Gasteiger partial charge on any atom is -0.368 e. The Labute approximate surface area is 177 Å². The predicted octanol–water partition coefficient (Wildman–Crippen LogP) is 2.78. The van der Waals surface area contributed by atoms with Gasteiger partial charge in [-0.25, -0.2) is 9.97 Å². The molecule has 5 rings (SSSR count). The lowest BCUT2D eigenvalue weighted by molar-refractivity contribution is 0.549. The van der Waals surface area contributed by atoms with Crippen molar-refractivity contribution in [1.82, 2.24) is 20.3 Å². The first kappa shape index (κ1) is 19.1. The second-order valence-electron chi connectivity index (χ2n) is 8.44. The molecule has 2 aromatic rings. The quantitative estimate of drug-likeness (QED) is 0.804. The molecule has 8 nitrogen and oxygen atoms in total. The van der Waals surface area contributed by atoms with Crippen LogP contribution in [0.25, 0.3) is 0 Å². The standard InChI is InChI=1S/C22H28N8/c1-15-18-14-26-22(28-21(18)30(19(15)12-23)16-4-2-3-5-16)27-20-7-6-17(13-25-20)29-10-8-24-9-11-29/h6-7,13-16,19,24H,2-5,8-11H2,1H3,(H,25,26,27,28). The van der Waals surface area contributed by atoms with E-state index in [4.69, 9.17) is 4.98 Å². The lowest BCUT2D eigenvalue weighted by atomic mass is 10.00. The van der Waals surface area contributed by atoms with Gasteiger partial charge in [-0.3, -0.25) is 0 Å². The van der Waals surface area contributed by atoms with Crippen molar-refractivity contribution in [3.8, 4) is 6.07 Å². The van der Waals surface area contributed by atoms with Crippen molar-refractivity contribution < 1.29 is 0 Å². The average Bonchev–Trinajstić information content (AvgIpc) is 3.41. The molecule has 2 fully saturated rings. The number of aromatic nitrogens is 3. The second kappa shape index (κ2) is 8.07. The van der Waals surface area contributed by atoms with Crippen LogP contribution in [0.15, 0.2) is 24.5 Å². The topological polar surface area (TPSA) is 93.0 Å². The van der Waals surface area contributed by atoms with E-state index in [0.29, 0.717) is 12.0 Å². The van der Waals surface area contributed by atoms with Gasteiger partial charge in [0.1, 0.15) is 17.7 Å². The molecule has 1 aliphatic carbocycles. The highest BCUT2D eigenvalue weighted by molar-refractivity contribution is 5.62. The van der Waals surface area contributed by atoms with Gasteiger partial charge in [-0.05, 0) is 25.0 Å². The van der Waals surface area contributed by atoms with Gasteiger partial charge in [-0.15, -0.1) is 0 Å². The number of hydrogen-bond acceptors (Lipinski definition) is 8. The predicted molar refractivity (Wildman–Crippen MR) is 117 cm³/mol. The number of nitrogens with one attached hydrogen (secondary N) is 2. The van der Waals surface area contributed by atoms with Gasteiger partial charge in [0.05, 0.1) is 18.0 Å². The third-order valence-corrected chi connectivity index (χ3v) is 6.62. The van der Waals surface area contributed by atoms with E-state index in [1.165, 1.54) is 12.8 Å². The maximum Gasteiger partial charge on any atom is 0.230 e. The number of fused-ring (bicyclic) bond motifs is 1. The molecule has 2 atom stereocenters. The van der Waals surface area contributed by atoms with Gasteiger partial charge >= 0.3 is 0 Å². The Bertz CT molecular complexity index is 925. The lowest BCUT2D eigenvalue weighted by Gasteiger charge is -2.30. The van der Waals surface area contributed by atoms with Crippen LogP contribution in [0, 0.1) is 11.3 Å². The Hall–Kier alpha value is -2.92. The molecule has 2 unspecified atom stereocenters. The summed E-state index contributed by atoms with van der Waals surface area (Å²) in [6, 6.07) is 6.81. The van der Waals surface area contributed by atoms with Crippen molar-refractivity contribution in [3.63, 3.8) is 0 Å². The molecule has 3 aliphatic rings. The summed E-state index contributed by atoms with van der Waals surface area (Å²) < 4.78 is 0. The van der Waals surface area contributed by atoms with Crippen molar-refractivity contribution in [2.24, 2.45) is 0 Å². The fraction of sp³-hybridized carbons (Fsp3) is 0.545. The van der Waals surface area contributed by atoms with Crippen molar-refractivity contribution in [3.05, 3.63) is 30.1 Å². The molecule has 0 spiro atoms. The monoisotopic (exact) mass is 404 g/mol. The van der Waals surface area contributed by atoms with E-state index in [0.717, 1.165) is 61.9 Å². The fourth-order valence-corrected chi connectivity index (χ4v) is 4.95. The molecule has 156 valence electrons. The summed E-state index contributed by atoms with van der Waals surface area (Å²) in [4.78, 5) is 18.5. The first-order valence-electron chi connectivity index (χ1n) is 11.0. The molecular formula is C22H28N8. The minimum absolute atomic E-state index is 0.121. The highest BCUT2D eigenvalue weighted by Crippen LogP contribution is 2.43. The van der Waals surface area contributed by atoms with E-state index in [1.807, 2.05) is 18.5 Å². The van der Waals surface area contributed by atoms with Crippen LogP contribution in [0.3, 0.4) is 0 Å². The van der Waals surface area contributed by atoms with E-state index in [2.05, 4.69) is 49.5 Å². The van der Waals surface area contributed by atoms with Crippen LogP contribution in [0.5, 0.6) is 0 Å². The molecule has 1 saturated heterocycles. The number of nitrogens with zero attached hydrogens (tertiary/aromatic N) is 6. The summed E-state index contributed by atoms with van der Waals surface area (Å²) in [7, 11) is 0. The molecule has 2 N–H and O–H groups in total. The van der Waals surface area contributed by atoms with Gasteiger partial charge < -0.3 is 20.4 Å². The van der Waals surface area contributed by atoms with Crippen LogP contribution in [0.4, 0.5) is 23.3 Å². The average molecular weight is 405 g/mol. The molecular weight excluding hydrogens is 376 g/mol. The zero-order valence-corrected chi connectivity index (χ0v) is 17.4. The Morgan fingerprint density at radius 1 is 1.13 bits per heavy atom. The van der Waals surface area contributed by atoms with Gasteiger partial charge in [-0.2, -0.15) is 10.2 Å². The molecule has 0 radical (unpaired) electrons. The van der Waals surface area contributed by atoms with Crippen LogP contribution >= 0.6 is 0 Å². The molecule has 0 bridgehead atoms. The van der Waals surface area contributed by atoms with E-state index in [1.54, 1.807) is 0 Å². The smallest absolute Gasteiger partial charge is 0.230 e. The van der Waals surface area contributed by atoms with Gasteiger partial charge in [-0.1, -0.05) is 19.8 Å². The van der Waals surface area contributed by atoms with Crippen molar-refractivity contribution in [1.29, 1.82) is 5.26 Å². The maximum atomic E-state index is 9.80. The Morgan fingerprint density at radius 3 is 2.63 bits per heavy atom. The van der Waals surface area contributed by atoms with Gasteiger partial charge in [0.15, 0.2) is 0 Å². The zero-order chi connectivity index (χ0) is 20.5. The van der Waals surface area contributed by atoms with Crippen LogP contribution in [-0.4, -0.2) is 53.2 Å². The minimum atomic E-state index is -0.163. The van der Waals surface area contributed by atoms with Crippen LogP contribution in [-0.2, 0) is 0 Å². The van der Waals surface area contributed by atoms with Crippen molar-refractivity contribution in [2.75, 3.05) is 41.3 Å². The number of pyridine rings is 1. The van der Waals surface area contributed by atoms with E-state index in [-0.39, 0.29) is 12.0 Å². The van der Waals surface area contributed by atoms with Crippen molar-refractivity contribution >= 4 is 23.3 Å². The number of rotatable bonds is 4. The molecule has 2 aromatic heterocycles. The fourth-order valence-electron chi connectivity index (χ4n) is 4.95. The lowest BCUT2D eigenvalue weighted by Crippen LogP contribution is -2.43. The molecule has 4 heterocycles. The number of anilines is 4. The first-order chi connectivity index (χ1) is 14.7. The zero-order valence-electron chi connectivity index (χ0n) is 17.4. The summed E-state index contributed by atoms with van der Waals surface area (Å²) in [6.07, 6.45) is 8.49. The maximum absolute atomic E-state index is 9.80. The number of nitriles is 1. The summed E-state index contributed by atoms with van der Waals surface area (Å²) in [5, 5.41) is 16.4. The Balaban J connectivity index is 1.36. The SMILES string of the molecule is CC1c2cnc(Nc3ccc(N4CCNCC4)cn3)nc2N(C2CCCC2)C1C#N. The summed E-state index contributed by atoms with van der Waals surface area (Å²) in [5.74, 6) is 2.29. The van der Waals surface area contributed by atoms with Crippen molar-refractivity contribution in [2.45, 2.75) is 50.6 Å². The highest BCUT2D eigenvalue weighted by atomic mass is 15.3. The molecule has 0 aromatic carbocycles.